The topological polar surface area (TPSA) is 57.8 Å². The molecule has 6 heteroatoms. The first-order valence-electron chi connectivity index (χ1n) is 9.24. The summed E-state index contributed by atoms with van der Waals surface area (Å²) in [5.41, 5.74) is 2.97. The van der Waals surface area contributed by atoms with Gasteiger partial charge in [0.2, 0.25) is 6.79 Å². The largest absolute Gasteiger partial charge is 0.454 e. The van der Waals surface area contributed by atoms with Gasteiger partial charge in [-0.05, 0) is 23.8 Å². The highest BCUT2D eigenvalue weighted by atomic mass is 16.7. The van der Waals surface area contributed by atoms with E-state index >= 15 is 0 Å². The predicted molar refractivity (Wildman–Crippen MR) is 102 cm³/mol. The van der Waals surface area contributed by atoms with Crippen LogP contribution in [0.3, 0.4) is 0 Å². The maximum absolute atomic E-state index is 12.9. The fourth-order valence-electron chi connectivity index (χ4n) is 3.83. The van der Waals surface area contributed by atoms with E-state index in [1.807, 2.05) is 47.5 Å². The monoisotopic (exact) mass is 363 g/mol. The van der Waals surface area contributed by atoms with Gasteiger partial charge in [0.15, 0.2) is 11.5 Å². The quantitative estimate of drug-likeness (QED) is 0.777. The van der Waals surface area contributed by atoms with Crippen molar-refractivity contribution >= 4 is 16.8 Å². The van der Waals surface area contributed by atoms with E-state index in [4.69, 9.17) is 9.47 Å². The highest BCUT2D eigenvalue weighted by molar-refractivity contribution is 6.06. The van der Waals surface area contributed by atoms with Gasteiger partial charge in [0, 0.05) is 49.8 Å². The van der Waals surface area contributed by atoms with Crippen molar-refractivity contribution in [3.05, 3.63) is 59.8 Å². The number of hydrogen-bond donors (Lipinski definition) is 1. The summed E-state index contributed by atoms with van der Waals surface area (Å²) in [6.07, 6.45) is 1.83. The molecule has 1 aromatic heterocycles. The van der Waals surface area contributed by atoms with Crippen molar-refractivity contribution in [3.8, 4) is 11.5 Å². The van der Waals surface area contributed by atoms with Gasteiger partial charge in [0.05, 0.1) is 5.56 Å². The van der Waals surface area contributed by atoms with E-state index in [-0.39, 0.29) is 5.91 Å². The predicted octanol–water partition coefficient (Wildman–Crippen LogP) is 2.85. The molecule has 2 aliphatic heterocycles. The third kappa shape index (κ3) is 3.02. The molecule has 0 unspecified atom stereocenters. The van der Waals surface area contributed by atoms with Gasteiger partial charge in [0.25, 0.3) is 5.91 Å². The van der Waals surface area contributed by atoms with Crippen LogP contribution in [0.15, 0.2) is 48.7 Å². The summed E-state index contributed by atoms with van der Waals surface area (Å²) >= 11 is 0. The number of ether oxygens (including phenoxy) is 2. The SMILES string of the molecule is O=C(c1c[nH]c2ccccc12)N1CCN(Cc2ccc3c(c2)OCO3)CC1. The third-order valence-corrected chi connectivity index (χ3v) is 5.32. The number of aromatic nitrogens is 1. The van der Waals surface area contributed by atoms with E-state index < -0.39 is 0 Å². The average Bonchev–Trinajstić information content (AvgIpc) is 3.34. The lowest BCUT2D eigenvalue weighted by atomic mass is 10.1. The van der Waals surface area contributed by atoms with Crippen LogP contribution in [0.1, 0.15) is 15.9 Å². The van der Waals surface area contributed by atoms with Gasteiger partial charge in [-0.2, -0.15) is 0 Å². The summed E-state index contributed by atoms with van der Waals surface area (Å²) in [7, 11) is 0. The van der Waals surface area contributed by atoms with Gasteiger partial charge >= 0.3 is 0 Å². The number of nitrogens with one attached hydrogen (secondary N) is 1. The fraction of sp³-hybridized carbons (Fsp3) is 0.286. The Bertz CT molecular complexity index is 989. The molecule has 6 nitrogen and oxygen atoms in total. The molecule has 1 saturated heterocycles. The van der Waals surface area contributed by atoms with Crippen LogP contribution in [0, 0.1) is 0 Å². The summed E-state index contributed by atoms with van der Waals surface area (Å²) in [6, 6.07) is 14.0. The summed E-state index contributed by atoms with van der Waals surface area (Å²) < 4.78 is 10.8. The highest BCUT2D eigenvalue weighted by Crippen LogP contribution is 2.33. The second-order valence-electron chi connectivity index (χ2n) is 7.00. The molecule has 0 atom stereocenters. The number of rotatable bonds is 3. The zero-order valence-electron chi connectivity index (χ0n) is 15.0. The Balaban J connectivity index is 1.23. The van der Waals surface area contributed by atoms with Crippen molar-refractivity contribution < 1.29 is 14.3 Å². The van der Waals surface area contributed by atoms with Gasteiger partial charge in [0.1, 0.15) is 0 Å². The Morgan fingerprint density at radius 2 is 1.81 bits per heavy atom. The summed E-state index contributed by atoms with van der Waals surface area (Å²) in [6.45, 7) is 4.36. The van der Waals surface area contributed by atoms with E-state index in [0.717, 1.165) is 60.7 Å². The molecule has 27 heavy (non-hydrogen) atoms. The van der Waals surface area contributed by atoms with Crippen LogP contribution in [-0.4, -0.2) is 53.7 Å². The van der Waals surface area contributed by atoms with E-state index in [1.165, 1.54) is 5.56 Å². The zero-order chi connectivity index (χ0) is 18.2. The van der Waals surface area contributed by atoms with Gasteiger partial charge in [-0.15, -0.1) is 0 Å². The molecule has 1 amide bonds. The Kier molecular flexibility index (Phi) is 3.98. The number of carbonyl (C=O) groups excluding carboxylic acids is 1. The van der Waals surface area contributed by atoms with Crippen LogP contribution in [0.25, 0.3) is 10.9 Å². The smallest absolute Gasteiger partial charge is 0.256 e. The molecule has 0 bridgehead atoms. The van der Waals surface area contributed by atoms with E-state index in [9.17, 15) is 4.79 Å². The Morgan fingerprint density at radius 1 is 1.00 bits per heavy atom. The van der Waals surface area contributed by atoms with Crippen molar-refractivity contribution in [2.24, 2.45) is 0 Å². The molecule has 2 aliphatic rings. The lowest BCUT2D eigenvalue weighted by molar-refractivity contribution is 0.0630. The minimum absolute atomic E-state index is 0.107. The van der Waals surface area contributed by atoms with Crippen LogP contribution in [-0.2, 0) is 6.54 Å². The zero-order valence-corrected chi connectivity index (χ0v) is 15.0. The number of fused-ring (bicyclic) bond motifs is 2. The van der Waals surface area contributed by atoms with E-state index in [2.05, 4.69) is 16.0 Å². The Labute approximate surface area is 157 Å². The van der Waals surface area contributed by atoms with Crippen LogP contribution < -0.4 is 9.47 Å². The number of piperazine rings is 1. The van der Waals surface area contributed by atoms with Gasteiger partial charge in [-0.3, -0.25) is 9.69 Å². The molecule has 1 N–H and O–H groups in total. The van der Waals surface area contributed by atoms with E-state index in [0.29, 0.717) is 6.79 Å². The van der Waals surface area contributed by atoms with Crippen LogP contribution in [0.5, 0.6) is 11.5 Å². The molecular formula is C21H21N3O3. The highest BCUT2D eigenvalue weighted by Gasteiger charge is 2.24. The molecule has 0 saturated carbocycles. The van der Waals surface area contributed by atoms with Gasteiger partial charge in [-0.25, -0.2) is 0 Å². The molecule has 0 radical (unpaired) electrons. The number of hydrogen-bond acceptors (Lipinski definition) is 4. The minimum atomic E-state index is 0.107. The van der Waals surface area contributed by atoms with Crippen LogP contribution in [0.4, 0.5) is 0 Å². The minimum Gasteiger partial charge on any atom is -0.454 e. The molecule has 0 aliphatic carbocycles. The fourth-order valence-corrected chi connectivity index (χ4v) is 3.83. The lowest BCUT2D eigenvalue weighted by Crippen LogP contribution is -2.48. The third-order valence-electron chi connectivity index (χ3n) is 5.32. The first-order valence-corrected chi connectivity index (χ1v) is 9.24. The second kappa shape index (κ2) is 6.63. The van der Waals surface area contributed by atoms with Crippen molar-refractivity contribution in [1.29, 1.82) is 0 Å². The van der Waals surface area contributed by atoms with Crippen LogP contribution >= 0.6 is 0 Å². The summed E-state index contributed by atoms with van der Waals surface area (Å²) in [5.74, 6) is 1.74. The normalized spacial score (nSPS) is 16.8. The Hall–Kier alpha value is -2.99. The van der Waals surface area contributed by atoms with Crippen LogP contribution in [0.2, 0.25) is 0 Å². The standard InChI is InChI=1S/C21H21N3O3/c25-21(17-12-22-18-4-2-1-3-16(17)18)24-9-7-23(8-10-24)13-15-5-6-19-20(11-15)27-14-26-19/h1-6,11-12,22H,7-10,13-14H2. The second-order valence-corrected chi connectivity index (χ2v) is 7.00. The number of para-hydroxylation sites is 1. The first-order chi connectivity index (χ1) is 13.3. The lowest BCUT2D eigenvalue weighted by Gasteiger charge is -2.34. The Morgan fingerprint density at radius 3 is 2.70 bits per heavy atom. The number of H-pyrrole nitrogens is 1. The van der Waals surface area contributed by atoms with Gasteiger partial charge in [-0.1, -0.05) is 24.3 Å². The maximum Gasteiger partial charge on any atom is 0.256 e. The van der Waals surface area contributed by atoms with Crippen molar-refractivity contribution in [1.82, 2.24) is 14.8 Å². The number of amides is 1. The molecule has 2 aromatic carbocycles. The summed E-state index contributed by atoms with van der Waals surface area (Å²) in [5, 5.41) is 0.991. The number of aromatic amines is 1. The number of benzene rings is 2. The summed E-state index contributed by atoms with van der Waals surface area (Å²) in [4.78, 5) is 20.4. The van der Waals surface area contributed by atoms with Crippen molar-refractivity contribution in [3.63, 3.8) is 0 Å². The van der Waals surface area contributed by atoms with Crippen molar-refractivity contribution in [2.45, 2.75) is 6.54 Å². The van der Waals surface area contributed by atoms with E-state index in [1.54, 1.807) is 0 Å². The molecule has 1 fully saturated rings. The maximum atomic E-state index is 12.9. The molecular weight excluding hydrogens is 342 g/mol. The number of carbonyl (C=O) groups is 1. The average molecular weight is 363 g/mol. The molecule has 5 rings (SSSR count). The van der Waals surface area contributed by atoms with Gasteiger partial charge < -0.3 is 19.4 Å². The number of nitrogens with zero attached hydrogens (tertiary/aromatic N) is 2. The molecule has 0 spiro atoms. The molecule has 3 heterocycles. The molecule has 3 aromatic rings. The first kappa shape index (κ1) is 16.2. The van der Waals surface area contributed by atoms with Crippen molar-refractivity contribution in [2.75, 3.05) is 33.0 Å². The molecule has 138 valence electrons.